The highest BCUT2D eigenvalue weighted by Crippen LogP contribution is 2.47. The Morgan fingerprint density at radius 2 is 1.92 bits per heavy atom. The van der Waals surface area contributed by atoms with Gasteiger partial charge in [0.2, 0.25) is 5.88 Å². The van der Waals surface area contributed by atoms with Gasteiger partial charge in [-0.05, 0) is 31.4 Å². The van der Waals surface area contributed by atoms with E-state index in [2.05, 4.69) is 50.9 Å². The third-order valence-corrected chi connectivity index (χ3v) is 4.63. The van der Waals surface area contributed by atoms with Crippen LogP contribution < -0.4 is 15.4 Å². The summed E-state index contributed by atoms with van der Waals surface area (Å²) in [5.74, 6) is 1.48. The standard InChI is InChI=1S/C20H26N4O.HI/c1-3-25-18-16(8-7-13-22-18)14-23-19(21-2)24-15-20(11-12-20)17-9-5-4-6-10-17;/h4-10,13H,3,11-12,14-15H2,1-2H3,(H2,21,23,24);1H. The molecule has 140 valence electrons. The number of pyridine rings is 1. The molecule has 0 saturated heterocycles. The first-order valence-corrected chi connectivity index (χ1v) is 8.84. The van der Waals surface area contributed by atoms with Crippen LogP contribution in [0.25, 0.3) is 0 Å². The van der Waals surface area contributed by atoms with Gasteiger partial charge in [0, 0.05) is 37.3 Å². The van der Waals surface area contributed by atoms with Crippen LogP contribution in [-0.4, -0.2) is 31.1 Å². The molecule has 0 bridgehead atoms. The molecule has 1 aromatic carbocycles. The quantitative estimate of drug-likeness (QED) is 0.373. The molecular formula is C20H27IN4O. The second-order valence-electron chi connectivity index (χ2n) is 6.33. The molecule has 0 spiro atoms. The Morgan fingerprint density at radius 3 is 2.58 bits per heavy atom. The number of guanidine groups is 1. The maximum absolute atomic E-state index is 5.57. The largest absolute Gasteiger partial charge is 0.478 e. The lowest BCUT2D eigenvalue weighted by atomic mass is 9.96. The Balaban J connectivity index is 0.00000243. The van der Waals surface area contributed by atoms with Gasteiger partial charge in [0.25, 0.3) is 0 Å². The van der Waals surface area contributed by atoms with Crippen LogP contribution in [0.3, 0.4) is 0 Å². The number of benzene rings is 1. The molecule has 0 radical (unpaired) electrons. The van der Waals surface area contributed by atoms with Crippen LogP contribution in [0.4, 0.5) is 0 Å². The second kappa shape index (κ2) is 9.75. The minimum absolute atomic E-state index is 0. The number of ether oxygens (including phenoxy) is 1. The minimum atomic E-state index is 0. The van der Waals surface area contributed by atoms with E-state index in [1.54, 1.807) is 13.2 Å². The molecule has 26 heavy (non-hydrogen) atoms. The van der Waals surface area contributed by atoms with Crippen LogP contribution in [0.5, 0.6) is 5.88 Å². The third-order valence-electron chi connectivity index (χ3n) is 4.63. The van der Waals surface area contributed by atoms with E-state index >= 15 is 0 Å². The molecule has 0 aliphatic heterocycles. The van der Waals surface area contributed by atoms with Crippen molar-refractivity contribution in [1.29, 1.82) is 0 Å². The first-order valence-electron chi connectivity index (χ1n) is 8.84. The van der Waals surface area contributed by atoms with Gasteiger partial charge < -0.3 is 15.4 Å². The number of hydrogen-bond acceptors (Lipinski definition) is 3. The number of nitrogens with zero attached hydrogens (tertiary/aromatic N) is 2. The zero-order valence-corrected chi connectivity index (χ0v) is 17.7. The highest BCUT2D eigenvalue weighted by Gasteiger charge is 2.43. The zero-order valence-electron chi connectivity index (χ0n) is 15.4. The van der Waals surface area contributed by atoms with Crippen LogP contribution in [0, 0.1) is 0 Å². The maximum Gasteiger partial charge on any atom is 0.218 e. The van der Waals surface area contributed by atoms with Crippen molar-refractivity contribution in [3.05, 3.63) is 59.8 Å². The fourth-order valence-corrected chi connectivity index (χ4v) is 2.99. The van der Waals surface area contributed by atoms with E-state index in [-0.39, 0.29) is 29.4 Å². The Kier molecular flexibility index (Phi) is 7.68. The first-order chi connectivity index (χ1) is 12.3. The summed E-state index contributed by atoms with van der Waals surface area (Å²) in [5.41, 5.74) is 2.68. The van der Waals surface area contributed by atoms with E-state index in [1.165, 1.54) is 18.4 Å². The van der Waals surface area contributed by atoms with E-state index in [1.807, 2.05) is 19.1 Å². The predicted molar refractivity (Wildman–Crippen MR) is 116 cm³/mol. The van der Waals surface area contributed by atoms with Crippen molar-refractivity contribution in [1.82, 2.24) is 15.6 Å². The summed E-state index contributed by atoms with van der Waals surface area (Å²) < 4.78 is 5.57. The van der Waals surface area contributed by atoms with Crippen molar-refractivity contribution in [3.8, 4) is 5.88 Å². The number of aromatic nitrogens is 1. The van der Waals surface area contributed by atoms with Gasteiger partial charge in [-0.15, -0.1) is 24.0 Å². The first kappa shape index (κ1) is 20.5. The van der Waals surface area contributed by atoms with Gasteiger partial charge in [-0.3, -0.25) is 4.99 Å². The summed E-state index contributed by atoms with van der Waals surface area (Å²) in [5, 5.41) is 6.83. The maximum atomic E-state index is 5.57. The average molecular weight is 466 g/mol. The van der Waals surface area contributed by atoms with Crippen LogP contribution in [0.1, 0.15) is 30.9 Å². The summed E-state index contributed by atoms with van der Waals surface area (Å²) in [6.45, 7) is 4.09. The zero-order chi connectivity index (χ0) is 17.5. The van der Waals surface area contributed by atoms with Gasteiger partial charge in [0.15, 0.2) is 5.96 Å². The van der Waals surface area contributed by atoms with Gasteiger partial charge in [-0.1, -0.05) is 36.4 Å². The number of hydrogen-bond donors (Lipinski definition) is 2. The van der Waals surface area contributed by atoms with Gasteiger partial charge in [-0.2, -0.15) is 0 Å². The number of aliphatic imine (C=N–C) groups is 1. The minimum Gasteiger partial charge on any atom is -0.478 e. The molecule has 1 aliphatic carbocycles. The summed E-state index contributed by atoms with van der Waals surface area (Å²) in [6.07, 6.45) is 4.19. The van der Waals surface area contributed by atoms with E-state index in [4.69, 9.17) is 4.74 Å². The molecule has 3 rings (SSSR count). The lowest BCUT2D eigenvalue weighted by Crippen LogP contribution is -2.41. The number of halogens is 1. The summed E-state index contributed by atoms with van der Waals surface area (Å²) in [4.78, 5) is 8.62. The molecule has 0 unspecified atom stereocenters. The molecule has 5 nitrogen and oxygen atoms in total. The van der Waals surface area contributed by atoms with Gasteiger partial charge >= 0.3 is 0 Å². The Bertz CT molecular complexity index is 717. The van der Waals surface area contributed by atoms with Crippen molar-refractivity contribution >= 4 is 29.9 Å². The number of nitrogens with one attached hydrogen (secondary N) is 2. The highest BCUT2D eigenvalue weighted by molar-refractivity contribution is 14.0. The van der Waals surface area contributed by atoms with Crippen LogP contribution in [-0.2, 0) is 12.0 Å². The normalized spacial score (nSPS) is 14.9. The molecule has 2 aromatic rings. The van der Waals surface area contributed by atoms with Crippen LogP contribution in [0.15, 0.2) is 53.7 Å². The summed E-state index contributed by atoms with van der Waals surface area (Å²) in [7, 11) is 1.80. The molecule has 1 saturated carbocycles. The van der Waals surface area contributed by atoms with Crippen LogP contribution in [0.2, 0.25) is 0 Å². The fraction of sp³-hybridized carbons (Fsp3) is 0.400. The van der Waals surface area contributed by atoms with Gasteiger partial charge in [0.1, 0.15) is 0 Å². The molecule has 0 atom stereocenters. The van der Waals surface area contributed by atoms with Crippen LogP contribution >= 0.6 is 24.0 Å². The topological polar surface area (TPSA) is 58.5 Å². The Labute approximate surface area is 172 Å². The summed E-state index contributed by atoms with van der Waals surface area (Å²) >= 11 is 0. The predicted octanol–water partition coefficient (Wildman–Crippen LogP) is 3.50. The molecule has 6 heteroatoms. The average Bonchev–Trinajstić information content (AvgIpc) is 3.45. The SMILES string of the molecule is CCOc1ncccc1CNC(=NC)NCC1(c2ccccc2)CC1.I. The molecule has 2 N–H and O–H groups in total. The van der Waals surface area contributed by atoms with Crippen molar-refractivity contribution in [3.63, 3.8) is 0 Å². The number of rotatable bonds is 7. The van der Waals surface area contributed by atoms with Crippen molar-refractivity contribution in [2.45, 2.75) is 31.7 Å². The smallest absolute Gasteiger partial charge is 0.218 e. The van der Waals surface area contributed by atoms with Crippen molar-refractivity contribution < 1.29 is 4.74 Å². The van der Waals surface area contributed by atoms with E-state index < -0.39 is 0 Å². The monoisotopic (exact) mass is 466 g/mol. The fourth-order valence-electron chi connectivity index (χ4n) is 2.99. The third kappa shape index (κ3) is 5.09. The molecular weight excluding hydrogens is 439 g/mol. The molecule has 1 aliphatic rings. The van der Waals surface area contributed by atoms with Gasteiger partial charge in [0.05, 0.1) is 6.61 Å². The lowest BCUT2D eigenvalue weighted by molar-refractivity contribution is 0.322. The summed E-state index contributed by atoms with van der Waals surface area (Å²) in [6, 6.07) is 14.7. The highest BCUT2D eigenvalue weighted by atomic mass is 127. The lowest BCUT2D eigenvalue weighted by Gasteiger charge is -2.19. The van der Waals surface area contributed by atoms with E-state index in [0.717, 1.165) is 18.1 Å². The molecule has 1 aromatic heterocycles. The Hall–Kier alpha value is -1.83. The molecule has 0 amide bonds. The van der Waals surface area contributed by atoms with Crippen molar-refractivity contribution in [2.75, 3.05) is 20.2 Å². The molecule has 1 fully saturated rings. The second-order valence-corrected chi connectivity index (χ2v) is 6.33. The molecule has 1 heterocycles. The van der Waals surface area contributed by atoms with Crippen molar-refractivity contribution in [2.24, 2.45) is 4.99 Å². The van der Waals surface area contributed by atoms with E-state index in [9.17, 15) is 0 Å². The van der Waals surface area contributed by atoms with E-state index in [0.29, 0.717) is 19.0 Å². The Morgan fingerprint density at radius 1 is 1.15 bits per heavy atom. The van der Waals surface area contributed by atoms with Gasteiger partial charge in [-0.25, -0.2) is 4.98 Å².